The number of benzene rings is 2. The molecule has 1 atom stereocenters. The molecule has 0 bridgehead atoms. The Morgan fingerprint density at radius 1 is 0.952 bits per heavy atom. The van der Waals surface area contributed by atoms with E-state index in [1.807, 2.05) is 48.5 Å². The lowest BCUT2D eigenvalue weighted by molar-refractivity contribution is 0.299. The van der Waals surface area contributed by atoms with Gasteiger partial charge in [-0.2, -0.15) is 0 Å². The Kier molecular flexibility index (Phi) is 4.12. The molecule has 1 heterocycles. The third-order valence-corrected chi connectivity index (χ3v) is 3.50. The Labute approximate surface area is 124 Å². The van der Waals surface area contributed by atoms with E-state index < -0.39 is 0 Å². The van der Waals surface area contributed by atoms with Crippen molar-refractivity contribution in [2.45, 2.75) is 12.5 Å². The van der Waals surface area contributed by atoms with Crippen LogP contribution in [0.25, 0.3) is 10.9 Å². The number of pyridine rings is 1. The Morgan fingerprint density at radius 2 is 1.76 bits per heavy atom. The van der Waals surface area contributed by atoms with Crippen LogP contribution >= 0.6 is 0 Å². The van der Waals surface area contributed by atoms with Crippen LogP contribution in [0.15, 0.2) is 66.9 Å². The zero-order chi connectivity index (χ0) is 14.5. The van der Waals surface area contributed by atoms with Gasteiger partial charge in [-0.05, 0) is 23.8 Å². The number of para-hydroxylation sites is 2. The van der Waals surface area contributed by atoms with Gasteiger partial charge in [-0.15, -0.1) is 0 Å². The molecule has 0 aliphatic rings. The van der Waals surface area contributed by atoms with Crippen LogP contribution in [0, 0.1) is 0 Å². The summed E-state index contributed by atoms with van der Waals surface area (Å²) in [4.78, 5) is 4.45. The summed E-state index contributed by atoms with van der Waals surface area (Å²) in [5.41, 5.74) is 8.36. The molecular weight excluding hydrogens is 260 g/mol. The van der Waals surface area contributed by atoms with Crippen molar-refractivity contribution in [2.24, 2.45) is 5.73 Å². The maximum atomic E-state index is 6.31. The van der Waals surface area contributed by atoms with Crippen molar-refractivity contribution in [3.63, 3.8) is 0 Å². The third kappa shape index (κ3) is 3.20. The molecule has 3 aromatic rings. The second-order valence-electron chi connectivity index (χ2n) is 4.98. The number of ether oxygens (including phenoxy) is 1. The van der Waals surface area contributed by atoms with E-state index in [-0.39, 0.29) is 6.04 Å². The quantitative estimate of drug-likeness (QED) is 0.774. The van der Waals surface area contributed by atoms with Gasteiger partial charge in [0.15, 0.2) is 0 Å². The van der Waals surface area contributed by atoms with Gasteiger partial charge in [0.1, 0.15) is 5.75 Å². The van der Waals surface area contributed by atoms with Gasteiger partial charge in [-0.25, -0.2) is 0 Å². The van der Waals surface area contributed by atoms with E-state index in [0.29, 0.717) is 6.61 Å². The fourth-order valence-electron chi connectivity index (χ4n) is 2.40. The van der Waals surface area contributed by atoms with E-state index in [0.717, 1.165) is 28.6 Å². The van der Waals surface area contributed by atoms with E-state index in [9.17, 15) is 0 Å². The molecule has 3 heteroatoms. The average molecular weight is 278 g/mol. The van der Waals surface area contributed by atoms with Crippen LogP contribution in [-0.4, -0.2) is 11.6 Å². The number of nitrogens with two attached hydrogens (primary N) is 1. The molecule has 21 heavy (non-hydrogen) atoms. The normalized spacial score (nSPS) is 12.2. The first-order valence-electron chi connectivity index (χ1n) is 7.11. The SMILES string of the molecule is NC(CCOc1ccccc1)c1cccc2cccnc12. The molecule has 1 unspecified atom stereocenters. The Hall–Kier alpha value is -2.39. The topological polar surface area (TPSA) is 48.1 Å². The molecular formula is C18H18N2O. The molecule has 2 aromatic carbocycles. The molecule has 3 nitrogen and oxygen atoms in total. The number of aromatic nitrogens is 1. The van der Waals surface area contributed by atoms with Crippen molar-refractivity contribution >= 4 is 10.9 Å². The lowest BCUT2D eigenvalue weighted by atomic mass is 10.0. The monoisotopic (exact) mass is 278 g/mol. The van der Waals surface area contributed by atoms with Gasteiger partial charge in [-0.1, -0.05) is 42.5 Å². The van der Waals surface area contributed by atoms with Gasteiger partial charge in [0, 0.05) is 24.0 Å². The number of rotatable bonds is 5. The lowest BCUT2D eigenvalue weighted by Crippen LogP contribution is -2.15. The van der Waals surface area contributed by atoms with Crippen LogP contribution in [-0.2, 0) is 0 Å². The van der Waals surface area contributed by atoms with Crippen LogP contribution in [0.5, 0.6) is 5.75 Å². The highest BCUT2D eigenvalue weighted by atomic mass is 16.5. The first kappa shape index (κ1) is 13.6. The number of hydrogen-bond acceptors (Lipinski definition) is 3. The summed E-state index contributed by atoms with van der Waals surface area (Å²) in [7, 11) is 0. The summed E-state index contributed by atoms with van der Waals surface area (Å²) in [6.45, 7) is 0.592. The van der Waals surface area contributed by atoms with Crippen molar-refractivity contribution in [1.29, 1.82) is 0 Å². The van der Waals surface area contributed by atoms with E-state index in [2.05, 4.69) is 17.1 Å². The van der Waals surface area contributed by atoms with Crippen molar-refractivity contribution in [1.82, 2.24) is 4.98 Å². The average Bonchev–Trinajstić information content (AvgIpc) is 2.55. The Balaban J connectivity index is 1.68. The van der Waals surface area contributed by atoms with Crippen LogP contribution in [0.2, 0.25) is 0 Å². The molecule has 106 valence electrons. The Morgan fingerprint density at radius 3 is 2.62 bits per heavy atom. The molecule has 0 aliphatic carbocycles. The summed E-state index contributed by atoms with van der Waals surface area (Å²) in [6.07, 6.45) is 2.56. The number of fused-ring (bicyclic) bond motifs is 1. The fraction of sp³-hybridized carbons (Fsp3) is 0.167. The van der Waals surface area contributed by atoms with Crippen LogP contribution in [0.4, 0.5) is 0 Å². The van der Waals surface area contributed by atoms with Crippen molar-refractivity contribution in [3.05, 3.63) is 72.4 Å². The highest BCUT2D eigenvalue weighted by Gasteiger charge is 2.10. The van der Waals surface area contributed by atoms with Gasteiger partial charge < -0.3 is 10.5 Å². The van der Waals surface area contributed by atoms with Gasteiger partial charge in [0.05, 0.1) is 12.1 Å². The predicted octanol–water partition coefficient (Wildman–Crippen LogP) is 3.70. The van der Waals surface area contributed by atoms with Gasteiger partial charge in [0.2, 0.25) is 0 Å². The molecule has 0 spiro atoms. The molecule has 0 amide bonds. The molecule has 0 saturated heterocycles. The summed E-state index contributed by atoms with van der Waals surface area (Å²) in [6, 6.07) is 19.8. The van der Waals surface area contributed by atoms with E-state index >= 15 is 0 Å². The van der Waals surface area contributed by atoms with Crippen molar-refractivity contribution in [3.8, 4) is 5.75 Å². The molecule has 0 fully saturated rings. The van der Waals surface area contributed by atoms with Crippen molar-refractivity contribution < 1.29 is 4.74 Å². The molecule has 0 saturated carbocycles. The van der Waals surface area contributed by atoms with E-state index in [1.54, 1.807) is 6.20 Å². The van der Waals surface area contributed by atoms with E-state index in [1.165, 1.54) is 0 Å². The van der Waals surface area contributed by atoms with Crippen LogP contribution in [0.3, 0.4) is 0 Å². The van der Waals surface area contributed by atoms with Crippen molar-refractivity contribution in [2.75, 3.05) is 6.61 Å². The number of nitrogens with zero attached hydrogens (tertiary/aromatic N) is 1. The zero-order valence-corrected chi connectivity index (χ0v) is 11.8. The minimum absolute atomic E-state index is 0.0766. The minimum Gasteiger partial charge on any atom is -0.494 e. The highest BCUT2D eigenvalue weighted by Crippen LogP contribution is 2.23. The molecule has 1 aromatic heterocycles. The number of hydrogen-bond donors (Lipinski definition) is 1. The largest absolute Gasteiger partial charge is 0.494 e. The second-order valence-corrected chi connectivity index (χ2v) is 4.98. The fourth-order valence-corrected chi connectivity index (χ4v) is 2.40. The van der Waals surface area contributed by atoms with Gasteiger partial charge in [0.25, 0.3) is 0 Å². The third-order valence-electron chi connectivity index (χ3n) is 3.50. The molecule has 2 N–H and O–H groups in total. The smallest absolute Gasteiger partial charge is 0.119 e. The summed E-state index contributed by atoms with van der Waals surface area (Å²) >= 11 is 0. The highest BCUT2D eigenvalue weighted by molar-refractivity contribution is 5.81. The maximum Gasteiger partial charge on any atom is 0.119 e. The van der Waals surface area contributed by atoms with Crippen LogP contribution in [0.1, 0.15) is 18.0 Å². The standard InChI is InChI=1S/C18H18N2O/c19-17(11-13-21-15-8-2-1-3-9-15)16-10-4-6-14-7-5-12-20-18(14)16/h1-10,12,17H,11,13,19H2. The summed E-state index contributed by atoms with van der Waals surface area (Å²) < 4.78 is 5.71. The first-order valence-corrected chi connectivity index (χ1v) is 7.11. The Bertz CT molecular complexity index is 707. The maximum absolute atomic E-state index is 6.31. The molecule has 0 aliphatic heterocycles. The first-order chi connectivity index (χ1) is 10.3. The van der Waals surface area contributed by atoms with E-state index in [4.69, 9.17) is 10.5 Å². The molecule has 3 rings (SSSR count). The zero-order valence-electron chi connectivity index (χ0n) is 11.8. The second kappa shape index (κ2) is 6.37. The lowest BCUT2D eigenvalue weighted by Gasteiger charge is -2.14. The summed E-state index contributed by atoms with van der Waals surface area (Å²) in [5, 5.41) is 1.12. The van der Waals surface area contributed by atoms with Crippen LogP contribution < -0.4 is 10.5 Å². The van der Waals surface area contributed by atoms with Gasteiger partial charge in [-0.3, -0.25) is 4.98 Å². The predicted molar refractivity (Wildman–Crippen MR) is 85.2 cm³/mol. The summed E-state index contributed by atoms with van der Waals surface area (Å²) in [5.74, 6) is 0.876. The minimum atomic E-state index is -0.0766. The van der Waals surface area contributed by atoms with Gasteiger partial charge >= 0.3 is 0 Å². The molecule has 0 radical (unpaired) electrons.